The van der Waals surface area contributed by atoms with Crippen LogP contribution in [0.4, 0.5) is 11.4 Å². The highest BCUT2D eigenvalue weighted by molar-refractivity contribution is 5.83. The van der Waals surface area contributed by atoms with Crippen LogP contribution >= 0.6 is 0 Å². The molecule has 10 nitrogen and oxygen atoms in total. The molecule has 10 heteroatoms. The zero-order chi connectivity index (χ0) is 26.8. The number of nitrogens with zero attached hydrogens (tertiary/aromatic N) is 4. The van der Waals surface area contributed by atoms with Gasteiger partial charge in [-0.2, -0.15) is 0 Å². The summed E-state index contributed by atoms with van der Waals surface area (Å²) in [6.07, 6.45) is 1.30. The summed E-state index contributed by atoms with van der Waals surface area (Å²) in [5, 5.41) is 14.7. The molecule has 1 amide bonds. The number of non-ortho nitro benzene ring substituents is 1. The first-order chi connectivity index (χ1) is 18.9. The van der Waals surface area contributed by atoms with Crippen LogP contribution in [0.3, 0.4) is 0 Å². The number of benzene rings is 2. The average Bonchev–Trinajstić information content (AvgIpc) is 3.37. The number of carbonyl (C=O) groups excluding carboxylic acids is 1. The SMILES string of the molecule is C[C@H](NC(=O)[C@@H]1Cc2cc([N+](=O)[O-])ccc2N2C[C@H]3C[C@@H](Cn4c3cccc4=O)[C@@H]12)c1nc2ccccc2[nH]1. The lowest BCUT2D eigenvalue weighted by atomic mass is 9.70. The second kappa shape index (κ2) is 8.79. The van der Waals surface area contributed by atoms with Crippen molar-refractivity contribution in [2.45, 2.75) is 44.3 Å². The molecule has 1 fully saturated rings. The number of para-hydroxylation sites is 2. The van der Waals surface area contributed by atoms with E-state index in [1.165, 1.54) is 0 Å². The van der Waals surface area contributed by atoms with Crippen molar-refractivity contribution < 1.29 is 9.72 Å². The number of aromatic nitrogens is 3. The van der Waals surface area contributed by atoms with Crippen molar-refractivity contribution >= 4 is 28.3 Å². The predicted octanol–water partition coefficient (Wildman–Crippen LogP) is 3.67. The number of anilines is 1. The molecule has 0 saturated carbocycles. The molecule has 3 aliphatic heterocycles. The highest BCUT2D eigenvalue weighted by atomic mass is 16.6. The van der Waals surface area contributed by atoms with Gasteiger partial charge in [0, 0.05) is 54.6 Å². The van der Waals surface area contributed by atoms with Gasteiger partial charge in [-0.3, -0.25) is 19.7 Å². The number of H-pyrrole nitrogens is 1. The third-order valence-electron chi connectivity index (χ3n) is 8.71. The molecule has 2 N–H and O–H groups in total. The van der Waals surface area contributed by atoms with Crippen LogP contribution in [0.2, 0.25) is 0 Å². The number of nitro benzene ring substituents is 1. The van der Waals surface area contributed by atoms with Gasteiger partial charge in [0.2, 0.25) is 5.91 Å². The van der Waals surface area contributed by atoms with Crippen LogP contribution in [0.5, 0.6) is 0 Å². The highest BCUT2D eigenvalue weighted by Crippen LogP contribution is 2.47. The van der Waals surface area contributed by atoms with E-state index in [2.05, 4.69) is 20.2 Å². The van der Waals surface area contributed by atoms with Crippen molar-refractivity contribution in [3.63, 3.8) is 0 Å². The standard InChI is InChI=1S/C29H28N6O4/c1-16(28-31-22-5-2-3-6-23(22)32-28)30-29(37)21-13-17-12-20(35(38)39)9-10-25(17)34-14-18-11-19(27(21)34)15-33-24(18)7-4-8-26(33)36/h2-10,12,16,18-19,21,27H,11,13-15H2,1H3,(H,30,37)(H,31,32)/t16-,18+,19-,21+,27-/m0/s1. The van der Waals surface area contributed by atoms with E-state index in [4.69, 9.17) is 0 Å². The van der Waals surface area contributed by atoms with Crippen LogP contribution in [-0.4, -0.2) is 38.0 Å². The predicted molar refractivity (Wildman–Crippen MR) is 146 cm³/mol. The number of amides is 1. The lowest BCUT2D eigenvalue weighted by Gasteiger charge is -2.54. The van der Waals surface area contributed by atoms with Gasteiger partial charge in [0.25, 0.3) is 11.2 Å². The van der Waals surface area contributed by atoms with Gasteiger partial charge < -0.3 is 19.8 Å². The summed E-state index contributed by atoms with van der Waals surface area (Å²) in [7, 11) is 0. The fourth-order valence-electron chi connectivity index (χ4n) is 7.02. The summed E-state index contributed by atoms with van der Waals surface area (Å²) in [5.41, 5.74) is 4.53. The van der Waals surface area contributed by atoms with Gasteiger partial charge in [0.1, 0.15) is 5.82 Å². The van der Waals surface area contributed by atoms with E-state index in [1.54, 1.807) is 18.2 Å². The van der Waals surface area contributed by atoms with Crippen LogP contribution in [0.1, 0.15) is 42.4 Å². The van der Waals surface area contributed by atoms with E-state index in [0.717, 1.165) is 34.4 Å². The minimum absolute atomic E-state index is 0.0120. The number of fused-ring (bicyclic) bond motifs is 9. The Hall–Kier alpha value is -4.47. The normalized spacial score (nSPS) is 23.9. The van der Waals surface area contributed by atoms with Crippen molar-refractivity contribution in [2.24, 2.45) is 11.8 Å². The fraction of sp³-hybridized carbons (Fsp3) is 0.345. The summed E-state index contributed by atoms with van der Waals surface area (Å²) in [4.78, 5) is 48.1. The van der Waals surface area contributed by atoms with E-state index >= 15 is 0 Å². The smallest absolute Gasteiger partial charge is 0.269 e. The number of pyridine rings is 1. The van der Waals surface area contributed by atoms with E-state index < -0.39 is 10.8 Å². The summed E-state index contributed by atoms with van der Waals surface area (Å²) in [6, 6.07) is 17.7. The minimum Gasteiger partial charge on any atom is -0.366 e. The summed E-state index contributed by atoms with van der Waals surface area (Å²) in [6.45, 7) is 3.11. The Balaban J connectivity index is 1.25. The molecule has 2 aromatic carbocycles. The Morgan fingerprint density at radius 2 is 2.00 bits per heavy atom. The topological polar surface area (TPSA) is 126 Å². The monoisotopic (exact) mass is 524 g/mol. The second-order valence-electron chi connectivity index (χ2n) is 11.0. The summed E-state index contributed by atoms with van der Waals surface area (Å²) in [5.74, 6) is 0.373. The van der Waals surface area contributed by atoms with E-state index in [1.807, 2.05) is 54.0 Å². The fourth-order valence-corrected chi connectivity index (χ4v) is 7.02. The van der Waals surface area contributed by atoms with Gasteiger partial charge in [-0.1, -0.05) is 18.2 Å². The second-order valence-corrected chi connectivity index (χ2v) is 11.0. The zero-order valence-corrected chi connectivity index (χ0v) is 21.4. The Morgan fingerprint density at radius 1 is 1.15 bits per heavy atom. The minimum atomic E-state index is -0.432. The zero-order valence-electron chi connectivity index (χ0n) is 21.4. The van der Waals surface area contributed by atoms with E-state index in [0.29, 0.717) is 25.3 Å². The molecule has 0 spiro atoms. The molecule has 1 saturated heterocycles. The average molecular weight is 525 g/mol. The van der Waals surface area contributed by atoms with Crippen LogP contribution < -0.4 is 15.8 Å². The van der Waals surface area contributed by atoms with Crippen molar-refractivity contribution in [2.75, 3.05) is 11.4 Å². The number of carbonyl (C=O) groups is 1. The van der Waals surface area contributed by atoms with Gasteiger partial charge in [-0.05, 0) is 55.5 Å². The summed E-state index contributed by atoms with van der Waals surface area (Å²) < 4.78 is 1.87. The Morgan fingerprint density at radius 3 is 2.82 bits per heavy atom. The molecule has 4 aromatic rings. The molecule has 5 heterocycles. The van der Waals surface area contributed by atoms with E-state index in [9.17, 15) is 19.7 Å². The maximum absolute atomic E-state index is 14.0. The van der Waals surface area contributed by atoms with Crippen LogP contribution in [-0.2, 0) is 17.8 Å². The molecule has 0 aliphatic carbocycles. The number of rotatable bonds is 4. The highest BCUT2D eigenvalue weighted by Gasteiger charge is 2.49. The van der Waals surface area contributed by atoms with Crippen LogP contribution in [0, 0.1) is 22.0 Å². The number of hydrogen-bond acceptors (Lipinski definition) is 6. The summed E-state index contributed by atoms with van der Waals surface area (Å²) >= 11 is 0. The van der Waals surface area contributed by atoms with Gasteiger partial charge in [0.05, 0.1) is 27.9 Å². The third kappa shape index (κ3) is 3.81. The van der Waals surface area contributed by atoms with Gasteiger partial charge in [0.15, 0.2) is 0 Å². The first kappa shape index (κ1) is 23.6. The molecule has 2 aromatic heterocycles. The molecule has 0 unspecified atom stereocenters. The first-order valence-electron chi connectivity index (χ1n) is 13.4. The molecule has 7 rings (SSSR count). The third-order valence-corrected chi connectivity index (χ3v) is 8.71. The Kier molecular flexibility index (Phi) is 5.33. The van der Waals surface area contributed by atoms with E-state index in [-0.39, 0.29) is 41.1 Å². The number of nitro groups is 1. The molecule has 0 radical (unpaired) electrons. The van der Waals surface area contributed by atoms with Crippen LogP contribution in [0.15, 0.2) is 65.5 Å². The maximum Gasteiger partial charge on any atom is 0.269 e. The van der Waals surface area contributed by atoms with Crippen molar-refractivity contribution in [3.8, 4) is 0 Å². The van der Waals surface area contributed by atoms with Crippen molar-refractivity contribution in [3.05, 3.63) is 98.2 Å². The number of imidazole rings is 1. The molecular formula is C29H28N6O4. The maximum atomic E-state index is 14.0. The molecule has 39 heavy (non-hydrogen) atoms. The molecular weight excluding hydrogens is 496 g/mol. The first-order valence-corrected chi connectivity index (χ1v) is 13.4. The van der Waals surface area contributed by atoms with Crippen molar-refractivity contribution in [1.29, 1.82) is 0 Å². The molecule has 2 bridgehead atoms. The molecule has 198 valence electrons. The molecule has 5 atom stereocenters. The van der Waals surface area contributed by atoms with Gasteiger partial charge >= 0.3 is 0 Å². The van der Waals surface area contributed by atoms with Crippen LogP contribution in [0.25, 0.3) is 11.0 Å². The number of nitrogens with one attached hydrogen (secondary N) is 2. The van der Waals surface area contributed by atoms with Gasteiger partial charge in [-0.25, -0.2) is 4.98 Å². The quantitative estimate of drug-likeness (QED) is 0.310. The molecule has 3 aliphatic rings. The lowest BCUT2D eigenvalue weighted by Crippen LogP contribution is -2.61. The lowest BCUT2D eigenvalue weighted by molar-refractivity contribution is -0.384. The number of hydrogen-bond donors (Lipinski definition) is 2. The number of piperidine rings is 1. The Labute approximate surface area is 223 Å². The number of aromatic amines is 1. The Bertz CT molecular complexity index is 1660. The van der Waals surface area contributed by atoms with Gasteiger partial charge in [-0.15, -0.1) is 0 Å². The largest absolute Gasteiger partial charge is 0.366 e. The van der Waals surface area contributed by atoms with Crippen molar-refractivity contribution in [1.82, 2.24) is 19.9 Å².